The van der Waals surface area contributed by atoms with Crippen molar-refractivity contribution in [1.82, 2.24) is 0 Å². The van der Waals surface area contributed by atoms with Gasteiger partial charge in [-0.25, -0.2) is 0 Å². The molecular formula is C13H14Cl2N2S. The second-order valence-electron chi connectivity index (χ2n) is 4.85. The first-order valence-electron chi connectivity index (χ1n) is 6.07. The number of amidine groups is 1. The zero-order valence-corrected chi connectivity index (χ0v) is 12.4. The van der Waals surface area contributed by atoms with Gasteiger partial charge in [0.15, 0.2) is 5.17 Å². The molecule has 1 aromatic carbocycles. The van der Waals surface area contributed by atoms with Crippen molar-refractivity contribution in [1.29, 1.82) is 0 Å². The van der Waals surface area contributed by atoms with Crippen molar-refractivity contribution in [2.75, 3.05) is 11.9 Å². The number of nitrogens with zero attached hydrogens (tertiary/aromatic N) is 1. The van der Waals surface area contributed by atoms with Crippen LogP contribution in [0.25, 0.3) is 0 Å². The predicted octanol–water partition coefficient (Wildman–Crippen LogP) is 4.60. The molecule has 18 heavy (non-hydrogen) atoms. The van der Waals surface area contributed by atoms with Crippen molar-refractivity contribution in [3.8, 4) is 0 Å². The maximum Gasteiger partial charge on any atom is 0.161 e. The standard InChI is InChI=1S/C13H14Cl2N2S/c1-7-4-10(15)11(5-9(7)14)17-13-16-6-12(18-13)8-2-3-8/h4-5,8,12H,2-3,6H2,1H3,(H,16,17). The predicted molar refractivity (Wildman–Crippen MR) is 81.2 cm³/mol. The van der Waals surface area contributed by atoms with Crippen molar-refractivity contribution in [2.45, 2.75) is 25.0 Å². The Hall–Kier alpha value is -0.380. The van der Waals surface area contributed by atoms with Crippen molar-refractivity contribution < 1.29 is 0 Å². The lowest BCUT2D eigenvalue weighted by atomic mass is 10.2. The molecule has 0 aromatic heterocycles. The Balaban J connectivity index is 1.71. The summed E-state index contributed by atoms with van der Waals surface area (Å²) in [7, 11) is 0. The van der Waals surface area contributed by atoms with Crippen LogP contribution in [0.4, 0.5) is 5.69 Å². The average molecular weight is 301 g/mol. The highest BCUT2D eigenvalue weighted by atomic mass is 35.5. The molecule has 1 atom stereocenters. The summed E-state index contributed by atoms with van der Waals surface area (Å²) in [5.74, 6) is 0.870. The number of benzene rings is 1. The van der Waals surface area contributed by atoms with Gasteiger partial charge < -0.3 is 5.32 Å². The molecule has 0 amide bonds. The minimum absolute atomic E-state index is 0.659. The zero-order chi connectivity index (χ0) is 12.7. The van der Waals surface area contributed by atoms with E-state index in [-0.39, 0.29) is 0 Å². The Morgan fingerprint density at radius 3 is 2.78 bits per heavy atom. The molecule has 0 saturated heterocycles. The first-order valence-corrected chi connectivity index (χ1v) is 7.71. The molecule has 1 unspecified atom stereocenters. The molecule has 3 rings (SSSR count). The minimum Gasteiger partial charge on any atom is -0.334 e. The summed E-state index contributed by atoms with van der Waals surface area (Å²) >= 11 is 14.2. The van der Waals surface area contributed by atoms with Gasteiger partial charge in [-0.05, 0) is 43.4 Å². The quantitative estimate of drug-likeness (QED) is 0.863. The first-order chi connectivity index (χ1) is 8.63. The van der Waals surface area contributed by atoms with E-state index < -0.39 is 0 Å². The molecule has 2 nitrogen and oxygen atoms in total. The molecule has 96 valence electrons. The molecule has 5 heteroatoms. The van der Waals surface area contributed by atoms with Crippen LogP contribution in [-0.4, -0.2) is 17.0 Å². The monoisotopic (exact) mass is 300 g/mol. The van der Waals surface area contributed by atoms with Crippen molar-refractivity contribution >= 4 is 45.8 Å². The molecule has 1 aromatic rings. The molecule has 1 N–H and O–H groups in total. The lowest BCUT2D eigenvalue weighted by molar-refractivity contribution is 0.773. The average Bonchev–Trinajstić information content (AvgIpc) is 3.07. The highest BCUT2D eigenvalue weighted by molar-refractivity contribution is 8.15. The van der Waals surface area contributed by atoms with Crippen LogP contribution in [-0.2, 0) is 0 Å². The number of aryl methyl sites for hydroxylation is 1. The second-order valence-corrected chi connectivity index (χ2v) is 6.89. The van der Waals surface area contributed by atoms with Crippen molar-refractivity contribution in [3.05, 3.63) is 27.7 Å². The van der Waals surface area contributed by atoms with Crippen molar-refractivity contribution in [2.24, 2.45) is 10.9 Å². The van der Waals surface area contributed by atoms with E-state index in [0.29, 0.717) is 10.3 Å². The number of hydrogen-bond donors (Lipinski definition) is 1. The normalized spacial score (nSPS) is 23.1. The van der Waals surface area contributed by atoms with Crippen LogP contribution in [0, 0.1) is 12.8 Å². The molecule has 1 saturated carbocycles. The van der Waals surface area contributed by atoms with Crippen LogP contribution in [0.2, 0.25) is 10.0 Å². The van der Waals surface area contributed by atoms with Gasteiger partial charge in [0.1, 0.15) is 0 Å². The van der Waals surface area contributed by atoms with Gasteiger partial charge in [-0.15, -0.1) is 0 Å². The van der Waals surface area contributed by atoms with E-state index in [9.17, 15) is 0 Å². The Morgan fingerprint density at radius 2 is 2.06 bits per heavy atom. The third kappa shape index (κ3) is 2.63. The molecule has 0 spiro atoms. The van der Waals surface area contributed by atoms with Gasteiger partial charge in [0.05, 0.1) is 17.3 Å². The highest BCUT2D eigenvalue weighted by Gasteiger charge is 2.35. The van der Waals surface area contributed by atoms with E-state index in [4.69, 9.17) is 23.2 Å². The molecule has 1 aliphatic heterocycles. The van der Waals surface area contributed by atoms with Crippen LogP contribution in [0.3, 0.4) is 0 Å². The lowest BCUT2D eigenvalue weighted by Crippen LogP contribution is -2.09. The van der Waals surface area contributed by atoms with Crippen LogP contribution >= 0.6 is 35.0 Å². The molecular weight excluding hydrogens is 287 g/mol. The van der Waals surface area contributed by atoms with E-state index in [2.05, 4.69) is 10.3 Å². The van der Waals surface area contributed by atoms with Gasteiger partial charge in [0.2, 0.25) is 0 Å². The number of rotatable bonds is 2. The number of hydrogen-bond acceptors (Lipinski definition) is 3. The smallest absolute Gasteiger partial charge is 0.161 e. The van der Waals surface area contributed by atoms with E-state index in [1.807, 2.05) is 30.8 Å². The molecule has 1 heterocycles. The highest BCUT2D eigenvalue weighted by Crippen LogP contribution is 2.42. The zero-order valence-electron chi connectivity index (χ0n) is 10.0. The van der Waals surface area contributed by atoms with Gasteiger partial charge in [0, 0.05) is 10.3 Å². The third-order valence-electron chi connectivity index (χ3n) is 3.32. The van der Waals surface area contributed by atoms with Gasteiger partial charge in [-0.3, -0.25) is 4.99 Å². The van der Waals surface area contributed by atoms with Crippen LogP contribution < -0.4 is 5.32 Å². The molecule has 2 aliphatic rings. The fraction of sp³-hybridized carbons (Fsp3) is 0.462. The molecule has 0 bridgehead atoms. The van der Waals surface area contributed by atoms with E-state index in [0.717, 1.165) is 33.9 Å². The first kappa shape index (κ1) is 12.6. The lowest BCUT2D eigenvalue weighted by Gasteiger charge is -2.10. The second kappa shape index (κ2) is 4.95. The summed E-state index contributed by atoms with van der Waals surface area (Å²) in [4.78, 5) is 4.53. The van der Waals surface area contributed by atoms with Gasteiger partial charge in [0.25, 0.3) is 0 Å². The number of anilines is 1. The Morgan fingerprint density at radius 1 is 1.28 bits per heavy atom. The summed E-state index contributed by atoms with van der Waals surface area (Å²) in [6, 6.07) is 3.75. The Kier molecular flexibility index (Phi) is 3.48. The SMILES string of the molecule is Cc1cc(Cl)c(NC2=NCC(C3CC3)S2)cc1Cl. The Bertz CT molecular complexity index is 512. The van der Waals surface area contributed by atoms with Crippen LogP contribution in [0.5, 0.6) is 0 Å². The van der Waals surface area contributed by atoms with Gasteiger partial charge in [-0.2, -0.15) is 0 Å². The van der Waals surface area contributed by atoms with Gasteiger partial charge >= 0.3 is 0 Å². The summed E-state index contributed by atoms with van der Waals surface area (Å²) in [6.07, 6.45) is 2.72. The van der Waals surface area contributed by atoms with E-state index in [1.54, 1.807) is 0 Å². The summed E-state index contributed by atoms with van der Waals surface area (Å²) < 4.78 is 0. The van der Waals surface area contributed by atoms with Crippen LogP contribution in [0.15, 0.2) is 17.1 Å². The minimum atomic E-state index is 0.659. The number of nitrogens with one attached hydrogen (secondary N) is 1. The van der Waals surface area contributed by atoms with E-state index in [1.165, 1.54) is 12.8 Å². The van der Waals surface area contributed by atoms with Crippen LogP contribution in [0.1, 0.15) is 18.4 Å². The van der Waals surface area contributed by atoms with Gasteiger partial charge in [-0.1, -0.05) is 35.0 Å². The number of thioether (sulfide) groups is 1. The molecule has 0 radical (unpaired) electrons. The third-order valence-corrected chi connectivity index (χ3v) is 5.33. The summed E-state index contributed by atoms with van der Waals surface area (Å²) in [5.41, 5.74) is 1.83. The topological polar surface area (TPSA) is 24.4 Å². The molecule has 1 fully saturated rings. The molecule has 1 aliphatic carbocycles. The summed E-state index contributed by atoms with van der Waals surface area (Å²) in [6.45, 7) is 2.87. The maximum absolute atomic E-state index is 6.21. The summed E-state index contributed by atoms with van der Waals surface area (Å²) in [5, 5.41) is 6.33. The number of aliphatic imine (C=N–C) groups is 1. The Labute approximate surface area is 121 Å². The maximum atomic E-state index is 6.21. The largest absolute Gasteiger partial charge is 0.334 e. The fourth-order valence-electron chi connectivity index (χ4n) is 2.03. The van der Waals surface area contributed by atoms with E-state index >= 15 is 0 Å². The van der Waals surface area contributed by atoms with Crippen molar-refractivity contribution in [3.63, 3.8) is 0 Å². The fourth-order valence-corrected chi connectivity index (χ4v) is 3.68. The number of halogens is 2.